The summed E-state index contributed by atoms with van der Waals surface area (Å²) < 4.78 is 0. The number of rotatable bonds is 8. The Kier molecular flexibility index (Phi) is 5.55. The zero-order chi connectivity index (χ0) is 14.3. The molecule has 1 atom stereocenters. The number of hydrogen-bond donors (Lipinski definition) is 1. The summed E-state index contributed by atoms with van der Waals surface area (Å²) in [5.41, 5.74) is -0.0644. The van der Waals surface area contributed by atoms with Crippen molar-refractivity contribution < 1.29 is 14.7 Å². The van der Waals surface area contributed by atoms with Crippen LogP contribution >= 0.6 is 0 Å². The zero-order valence-corrected chi connectivity index (χ0v) is 11.5. The van der Waals surface area contributed by atoms with Crippen LogP contribution in [0.1, 0.15) is 32.3 Å². The molecule has 0 spiro atoms. The van der Waals surface area contributed by atoms with E-state index in [0.29, 0.717) is 25.8 Å². The van der Waals surface area contributed by atoms with E-state index < -0.39 is 11.5 Å². The lowest BCUT2D eigenvalue weighted by Crippen LogP contribution is -2.52. The van der Waals surface area contributed by atoms with Gasteiger partial charge in [-0.25, -0.2) is 4.79 Å². The van der Waals surface area contributed by atoms with Crippen molar-refractivity contribution in [1.29, 1.82) is 0 Å². The lowest BCUT2D eigenvalue weighted by Gasteiger charge is -2.35. The summed E-state index contributed by atoms with van der Waals surface area (Å²) in [6, 6.07) is 9.71. The van der Waals surface area contributed by atoms with Crippen LogP contribution in [0.5, 0.6) is 0 Å². The Morgan fingerprint density at radius 2 is 2.00 bits per heavy atom. The molecule has 0 aliphatic rings. The minimum Gasteiger partial charge on any atom is -0.480 e. The molecular weight excluding hydrogens is 242 g/mol. The maximum Gasteiger partial charge on any atom is 0.329 e. The quantitative estimate of drug-likeness (QED) is 0.732. The van der Waals surface area contributed by atoms with Gasteiger partial charge in [-0.2, -0.15) is 0 Å². The van der Waals surface area contributed by atoms with Crippen LogP contribution in [0, 0.1) is 0 Å². The number of carboxylic acid groups (broad SMARTS) is 1. The SMILES string of the molecule is CCCN(C=O)C(C)(CCc1ccccc1)C(=O)O. The highest BCUT2D eigenvalue weighted by Crippen LogP contribution is 2.21. The largest absolute Gasteiger partial charge is 0.480 e. The maximum absolute atomic E-state index is 11.5. The molecule has 0 aliphatic carbocycles. The lowest BCUT2D eigenvalue weighted by molar-refractivity contribution is -0.154. The summed E-state index contributed by atoms with van der Waals surface area (Å²) in [4.78, 5) is 24.0. The number of nitrogens with zero attached hydrogens (tertiary/aromatic N) is 1. The highest BCUT2D eigenvalue weighted by atomic mass is 16.4. The third-order valence-corrected chi connectivity index (χ3v) is 3.43. The van der Waals surface area contributed by atoms with Crippen LogP contribution in [0.15, 0.2) is 30.3 Å². The molecule has 1 N–H and O–H groups in total. The van der Waals surface area contributed by atoms with E-state index in [1.54, 1.807) is 6.92 Å². The topological polar surface area (TPSA) is 57.6 Å². The van der Waals surface area contributed by atoms with Crippen molar-refractivity contribution in [2.45, 2.75) is 38.6 Å². The van der Waals surface area contributed by atoms with E-state index in [2.05, 4.69) is 0 Å². The molecule has 1 aromatic rings. The number of carbonyl (C=O) groups is 2. The van der Waals surface area contributed by atoms with Gasteiger partial charge in [0.1, 0.15) is 5.54 Å². The first-order chi connectivity index (χ1) is 9.04. The van der Waals surface area contributed by atoms with E-state index in [-0.39, 0.29) is 0 Å². The van der Waals surface area contributed by atoms with Crippen LogP contribution in [0.4, 0.5) is 0 Å². The number of aryl methyl sites for hydroxylation is 1. The molecule has 0 heterocycles. The molecule has 4 nitrogen and oxygen atoms in total. The second-order valence-corrected chi connectivity index (χ2v) is 4.86. The van der Waals surface area contributed by atoms with Crippen molar-refractivity contribution in [2.24, 2.45) is 0 Å². The maximum atomic E-state index is 11.5. The van der Waals surface area contributed by atoms with E-state index in [1.807, 2.05) is 37.3 Å². The van der Waals surface area contributed by atoms with Crippen LogP contribution in [-0.4, -0.2) is 34.5 Å². The first kappa shape index (κ1) is 15.2. The van der Waals surface area contributed by atoms with Gasteiger partial charge >= 0.3 is 5.97 Å². The van der Waals surface area contributed by atoms with Gasteiger partial charge in [0.15, 0.2) is 0 Å². The Bertz CT molecular complexity index is 419. The standard InChI is InChI=1S/C15H21NO3/c1-3-11-16(12-17)15(2,14(18)19)10-9-13-7-5-4-6-8-13/h4-8,12H,3,9-11H2,1-2H3,(H,18,19). The first-order valence-corrected chi connectivity index (χ1v) is 6.54. The van der Waals surface area contributed by atoms with Crippen molar-refractivity contribution in [3.8, 4) is 0 Å². The molecular formula is C15H21NO3. The fraction of sp³-hybridized carbons (Fsp3) is 0.467. The van der Waals surface area contributed by atoms with Crippen molar-refractivity contribution in [3.63, 3.8) is 0 Å². The fourth-order valence-electron chi connectivity index (χ4n) is 2.06. The van der Waals surface area contributed by atoms with Gasteiger partial charge in [-0.15, -0.1) is 0 Å². The molecule has 1 aromatic carbocycles. The average molecular weight is 263 g/mol. The Balaban J connectivity index is 2.81. The molecule has 0 fully saturated rings. The van der Waals surface area contributed by atoms with E-state index >= 15 is 0 Å². The van der Waals surface area contributed by atoms with Crippen LogP contribution < -0.4 is 0 Å². The lowest BCUT2D eigenvalue weighted by atomic mass is 9.91. The molecule has 104 valence electrons. The van der Waals surface area contributed by atoms with Crippen LogP contribution in [0.2, 0.25) is 0 Å². The van der Waals surface area contributed by atoms with Gasteiger partial charge in [0.25, 0.3) is 0 Å². The number of aliphatic carboxylic acids is 1. The normalized spacial score (nSPS) is 13.6. The second-order valence-electron chi connectivity index (χ2n) is 4.86. The monoisotopic (exact) mass is 263 g/mol. The molecule has 0 bridgehead atoms. The Hall–Kier alpha value is -1.84. The zero-order valence-electron chi connectivity index (χ0n) is 11.5. The van der Waals surface area contributed by atoms with E-state index in [9.17, 15) is 14.7 Å². The van der Waals surface area contributed by atoms with Gasteiger partial charge in [-0.1, -0.05) is 37.3 Å². The van der Waals surface area contributed by atoms with Gasteiger partial charge in [-0.3, -0.25) is 4.79 Å². The van der Waals surface area contributed by atoms with Crippen LogP contribution in [0.3, 0.4) is 0 Å². The summed E-state index contributed by atoms with van der Waals surface area (Å²) in [7, 11) is 0. The fourth-order valence-corrected chi connectivity index (χ4v) is 2.06. The summed E-state index contributed by atoms with van der Waals surface area (Å²) in [6.45, 7) is 4.00. The van der Waals surface area contributed by atoms with Crippen molar-refractivity contribution in [1.82, 2.24) is 4.90 Å². The molecule has 1 rings (SSSR count). The number of amides is 1. The Labute approximate surface area is 114 Å². The minimum absolute atomic E-state index is 0.408. The minimum atomic E-state index is -1.15. The Morgan fingerprint density at radius 1 is 1.37 bits per heavy atom. The molecule has 0 saturated heterocycles. The predicted molar refractivity (Wildman–Crippen MR) is 73.9 cm³/mol. The van der Waals surface area contributed by atoms with Crippen LogP contribution in [0.25, 0.3) is 0 Å². The van der Waals surface area contributed by atoms with Gasteiger partial charge in [0.05, 0.1) is 0 Å². The Morgan fingerprint density at radius 3 is 2.47 bits per heavy atom. The number of hydrogen-bond acceptors (Lipinski definition) is 2. The highest BCUT2D eigenvalue weighted by molar-refractivity contribution is 5.81. The smallest absolute Gasteiger partial charge is 0.329 e. The molecule has 0 saturated carbocycles. The molecule has 19 heavy (non-hydrogen) atoms. The number of carboxylic acids is 1. The second kappa shape index (κ2) is 6.92. The van der Waals surface area contributed by atoms with Crippen molar-refractivity contribution in [3.05, 3.63) is 35.9 Å². The van der Waals surface area contributed by atoms with E-state index in [1.165, 1.54) is 4.90 Å². The molecule has 1 amide bonds. The third kappa shape index (κ3) is 3.81. The summed E-state index contributed by atoms with van der Waals surface area (Å²) in [5, 5.41) is 9.44. The van der Waals surface area contributed by atoms with Gasteiger partial charge in [-0.05, 0) is 31.7 Å². The first-order valence-electron chi connectivity index (χ1n) is 6.54. The summed E-state index contributed by atoms with van der Waals surface area (Å²) in [5.74, 6) is -0.955. The third-order valence-electron chi connectivity index (χ3n) is 3.43. The molecule has 0 aliphatic heterocycles. The van der Waals surface area contributed by atoms with Gasteiger partial charge in [0.2, 0.25) is 6.41 Å². The van der Waals surface area contributed by atoms with Crippen molar-refractivity contribution >= 4 is 12.4 Å². The van der Waals surface area contributed by atoms with Crippen molar-refractivity contribution in [2.75, 3.05) is 6.54 Å². The molecule has 0 radical (unpaired) electrons. The van der Waals surface area contributed by atoms with E-state index in [0.717, 1.165) is 12.0 Å². The number of carbonyl (C=O) groups excluding carboxylic acids is 1. The molecule has 0 aromatic heterocycles. The molecule has 4 heteroatoms. The predicted octanol–water partition coefficient (Wildman–Crippen LogP) is 2.33. The molecule has 1 unspecified atom stereocenters. The summed E-state index contributed by atoms with van der Waals surface area (Å²) in [6.07, 6.45) is 2.43. The van der Waals surface area contributed by atoms with Gasteiger partial charge in [0, 0.05) is 6.54 Å². The number of benzene rings is 1. The summed E-state index contributed by atoms with van der Waals surface area (Å²) >= 11 is 0. The van der Waals surface area contributed by atoms with Crippen LogP contribution in [-0.2, 0) is 16.0 Å². The van der Waals surface area contributed by atoms with Gasteiger partial charge < -0.3 is 10.0 Å². The highest BCUT2D eigenvalue weighted by Gasteiger charge is 2.38. The van der Waals surface area contributed by atoms with E-state index in [4.69, 9.17) is 0 Å². The average Bonchev–Trinajstić information content (AvgIpc) is 2.43.